The van der Waals surface area contributed by atoms with Crippen LogP contribution in [0.25, 0.3) is 66.5 Å². The molecule has 0 spiro atoms. The lowest BCUT2D eigenvalue weighted by Gasteiger charge is -2.29. The van der Waals surface area contributed by atoms with Crippen molar-refractivity contribution < 1.29 is 19.7 Å². The van der Waals surface area contributed by atoms with E-state index in [9.17, 15) is 29.4 Å². The highest BCUT2D eigenvalue weighted by Crippen LogP contribution is 2.41. The normalized spacial score (nSPS) is 12.2. The van der Waals surface area contributed by atoms with Crippen LogP contribution in [0.1, 0.15) is 49.6 Å². The van der Waals surface area contributed by atoms with Gasteiger partial charge in [-0.25, -0.2) is 24.3 Å². The lowest BCUT2D eigenvalue weighted by molar-refractivity contribution is 0.103. The van der Waals surface area contributed by atoms with E-state index in [0.717, 1.165) is 16.7 Å². The van der Waals surface area contributed by atoms with Crippen LogP contribution in [-0.2, 0) is 53.5 Å². The first-order valence-electron chi connectivity index (χ1n) is 31.0. The number of aromatic nitrogens is 15. The van der Waals surface area contributed by atoms with Crippen LogP contribution >= 0.6 is 69.6 Å². The van der Waals surface area contributed by atoms with Gasteiger partial charge in [-0.05, 0) is 148 Å². The third kappa shape index (κ3) is 15.1. The number of aryl methyl sites for hydroxylation is 6. The number of nitrogens with zero attached hydrogens (tertiary/aromatic N) is 15. The summed E-state index contributed by atoms with van der Waals surface area (Å²) in [7, 11) is 10.2. The molecule has 0 amide bonds. The van der Waals surface area contributed by atoms with Gasteiger partial charge in [-0.2, -0.15) is 0 Å². The van der Waals surface area contributed by atoms with E-state index in [0.29, 0.717) is 125 Å². The van der Waals surface area contributed by atoms with E-state index < -0.39 is 11.2 Å². The number of halogens is 7. The maximum atomic E-state index is 12.9. The van der Waals surface area contributed by atoms with Crippen LogP contribution in [0.5, 0.6) is 0 Å². The Hall–Kier alpha value is -10.9. The van der Waals surface area contributed by atoms with E-state index in [1.54, 1.807) is 192 Å². The molecular formula is C75H58Cl6FN15O6. The van der Waals surface area contributed by atoms with Gasteiger partial charge in [0.05, 0.1) is 30.0 Å². The zero-order chi connectivity index (χ0) is 72.3. The van der Waals surface area contributed by atoms with Crippen molar-refractivity contribution in [2.45, 2.75) is 11.2 Å². The molecule has 15 aromatic rings. The summed E-state index contributed by atoms with van der Waals surface area (Å²) in [6, 6.07) is 52.3. The van der Waals surface area contributed by atoms with Crippen LogP contribution in [0.3, 0.4) is 0 Å². The lowest BCUT2D eigenvalue weighted by atomic mass is 9.83. The molecule has 2 atom stereocenters. The summed E-state index contributed by atoms with van der Waals surface area (Å²) in [5, 5.41) is 52.9. The first kappa shape index (κ1) is 73.3. The standard InChI is InChI=1S/2C25H19Cl2N5O2.C22H14Cl2N2O2.C3H5N3.FH/c2*1-31-23(33)12-20(15-4-3-5-19(27)10-15)21-11-17(13-28-24(21)31)25(34,22-14-29-30-32(22)2)16-6-8-18(26)9-7-16;1-26-20(27)11-18(14-3-2-4-17(24)9-14)19-10-15(12-25-22(19)26)21(28)13-5-7-16(23)8-6-13;1-6-3-2-4-5-6;/h2*3-14,34H,1-2H3;2-12H,1H3;2-3H,1H3;1H/t25-;;;;/m1..../s1. The fourth-order valence-corrected chi connectivity index (χ4v) is 12.7. The molecule has 9 heterocycles. The highest BCUT2D eigenvalue weighted by atomic mass is 35.5. The van der Waals surface area contributed by atoms with Gasteiger partial charge < -0.3 is 10.2 Å². The third-order valence-electron chi connectivity index (χ3n) is 17.1. The van der Waals surface area contributed by atoms with Gasteiger partial charge in [0, 0.05) is 154 Å². The topological polar surface area (TPSA) is 254 Å². The summed E-state index contributed by atoms with van der Waals surface area (Å²) < 4.78 is 9.06. The molecule has 0 aliphatic heterocycles. The van der Waals surface area contributed by atoms with Crippen molar-refractivity contribution in [1.29, 1.82) is 0 Å². The number of carbonyl (C=O) groups excluding carboxylic acids is 1. The van der Waals surface area contributed by atoms with Gasteiger partial charge in [-0.15, -0.1) is 15.3 Å². The maximum absolute atomic E-state index is 12.9. The average molecular weight is 1500 g/mol. The van der Waals surface area contributed by atoms with Crippen LogP contribution in [0, 0.1) is 0 Å². The van der Waals surface area contributed by atoms with E-state index >= 15 is 0 Å². The van der Waals surface area contributed by atoms with Crippen molar-refractivity contribution in [2.75, 3.05) is 0 Å². The fraction of sp³-hybridized carbons (Fsp3) is 0.107. The van der Waals surface area contributed by atoms with Gasteiger partial charge in [-0.1, -0.05) is 146 Å². The summed E-state index contributed by atoms with van der Waals surface area (Å²) in [5.74, 6) is -0.169. The molecule has 0 radical (unpaired) electrons. The van der Waals surface area contributed by atoms with Crippen molar-refractivity contribution in [3.8, 4) is 33.4 Å². The van der Waals surface area contributed by atoms with Crippen LogP contribution in [0.15, 0.2) is 240 Å². The predicted octanol–water partition coefficient (Wildman–Crippen LogP) is 13.7. The minimum absolute atomic E-state index is 0. The number of fused-ring (bicyclic) bond motifs is 3. The SMILES string of the molecule is Cn1c(=O)cc(-c2cccc(Cl)c2)c2cc(C(=O)c3ccc(Cl)cc3)cnc21.Cn1ccnn1.Cn1nncc1C(O)(c1ccc(Cl)cc1)c1cnc2c(c1)c(-c1cccc(Cl)c1)cc(=O)n2C.Cn1nncc1[C@@](O)(c1ccc(Cl)cc1)c1cnc2c(c1)c(-c1cccc(Cl)c1)cc(=O)n2C.F. The molecule has 103 heavy (non-hydrogen) atoms. The Morgan fingerprint density at radius 2 is 0.738 bits per heavy atom. The molecule has 9 aromatic heterocycles. The van der Waals surface area contributed by atoms with Crippen LogP contribution in [0.2, 0.25) is 30.1 Å². The van der Waals surface area contributed by atoms with Gasteiger partial charge in [0.2, 0.25) is 0 Å². The maximum Gasteiger partial charge on any atom is 0.252 e. The third-order valence-corrected chi connectivity index (χ3v) is 18.5. The molecule has 0 aliphatic rings. The molecule has 21 nitrogen and oxygen atoms in total. The Labute approximate surface area is 616 Å². The molecular weight excluding hydrogens is 1440 g/mol. The van der Waals surface area contributed by atoms with E-state index in [1.807, 2.05) is 55.6 Å². The van der Waals surface area contributed by atoms with Crippen LogP contribution in [0.4, 0.5) is 4.70 Å². The van der Waals surface area contributed by atoms with Gasteiger partial charge in [0.15, 0.2) is 17.0 Å². The van der Waals surface area contributed by atoms with Crippen LogP contribution in [-0.4, -0.2) is 89.6 Å². The Morgan fingerprint density at radius 1 is 0.379 bits per heavy atom. The van der Waals surface area contributed by atoms with Gasteiger partial charge in [0.1, 0.15) is 16.9 Å². The van der Waals surface area contributed by atoms with Crippen molar-refractivity contribution >= 4 is 108 Å². The van der Waals surface area contributed by atoms with Crippen molar-refractivity contribution in [3.05, 3.63) is 331 Å². The zero-order valence-electron chi connectivity index (χ0n) is 55.3. The van der Waals surface area contributed by atoms with E-state index in [2.05, 4.69) is 45.9 Å². The van der Waals surface area contributed by atoms with E-state index in [4.69, 9.17) is 69.6 Å². The minimum Gasteiger partial charge on any atom is -0.374 e. The van der Waals surface area contributed by atoms with E-state index in [-0.39, 0.29) is 27.2 Å². The Bertz CT molecular complexity index is 5620. The molecule has 0 fully saturated rings. The summed E-state index contributed by atoms with van der Waals surface area (Å²) in [4.78, 5) is 64.2. The minimum atomic E-state index is -1.63. The number of hydrogen-bond acceptors (Lipinski definition) is 15. The quantitative estimate of drug-likeness (QED) is 0.114. The molecule has 6 aromatic carbocycles. The second-order valence-corrected chi connectivity index (χ2v) is 26.1. The summed E-state index contributed by atoms with van der Waals surface area (Å²) in [6.45, 7) is 0. The number of benzene rings is 6. The molecule has 518 valence electrons. The van der Waals surface area contributed by atoms with Crippen molar-refractivity contribution in [3.63, 3.8) is 0 Å². The molecule has 0 bridgehead atoms. The molecule has 2 N–H and O–H groups in total. The van der Waals surface area contributed by atoms with Crippen molar-refractivity contribution in [2.24, 2.45) is 42.3 Å². The molecule has 1 unspecified atom stereocenters. The number of ketones is 1. The van der Waals surface area contributed by atoms with Crippen molar-refractivity contribution in [1.82, 2.24) is 73.6 Å². The molecule has 0 aliphatic carbocycles. The number of rotatable bonds is 11. The summed E-state index contributed by atoms with van der Waals surface area (Å²) >= 11 is 36.7. The first-order valence-corrected chi connectivity index (χ1v) is 33.2. The van der Waals surface area contributed by atoms with Gasteiger partial charge in [-0.3, -0.25) is 42.3 Å². The smallest absolute Gasteiger partial charge is 0.252 e. The number of carbonyl (C=O) groups is 1. The van der Waals surface area contributed by atoms with Crippen LogP contribution < -0.4 is 16.7 Å². The second-order valence-electron chi connectivity index (χ2n) is 23.5. The van der Waals surface area contributed by atoms with Gasteiger partial charge in [0.25, 0.3) is 16.7 Å². The van der Waals surface area contributed by atoms with E-state index in [1.165, 1.54) is 47.7 Å². The van der Waals surface area contributed by atoms with Gasteiger partial charge >= 0.3 is 0 Å². The Kier molecular flexibility index (Phi) is 21.9. The highest BCUT2D eigenvalue weighted by Gasteiger charge is 2.40. The zero-order valence-corrected chi connectivity index (χ0v) is 59.8. The molecule has 28 heteroatoms. The fourth-order valence-electron chi connectivity index (χ4n) is 11.8. The number of aliphatic hydroxyl groups is 2. The second kappa shape index (κ2) is 30.7. The largest absolute Gasteiger partial charge is 0.374 e. The average Bonchev–Trinajstić information content (AvgIpc) is 1.68. The predicted molar refractivity (Wildman–Crippen MR) is 400 cm³/mol. The number of pyridine rings is 6. The summed E-state index contributed by atoms with van der Waals surface area (Å²) in [5.41, 5.74) is 5.86. The number of hydrogen-bond donors (Lipinski definition) is 2. The summed E-state index contributed by atoms with van der Waals surface area (Å²) in [6.07, 6.45) is 11.0. The lowest BCUT2D eigenvalue weighted by Crippen LogP contribution is -2.32. The Morgan fingerprint density at radius 3 is 1.06 bits per heavy atom. The molecule has 15 rings (SSSR count). The highest BCUT2D eigenvalue weighted by molar-refractivity contribution is 6.32. The molecule has 0 saturated heterocycles. The Balaban J connectivity index is 0.000000148. The molecule has 0 saturated carbocycles. The monoisotopic (exact) mass is 1490 g/mol. The first-order chi connectivity index (χ1) is 48.9.